The van der Waals surface area contributed by atoms with Gasteiger partial charge in [-0.3, -0.25) is 4.79 Å². The molecule has 1 aliphatic heterocycles. The van der Waals surface area contributed by atoms with E-state index in [1.807, 2.05) is 0 Å². The van der Waals surface area contributed by atoms with E-state index < -0.39 is 6.04 Å². The van der Waals surface area contributed by atoms with E-state index in [9.17, 15) is 4.79 Å². The van der Waals surface area contributed by atoms with Gasteiger partial charge in [0.25, 0.3) is 0 Å². The van der Waals surface area contributed by atoms with Gasteiger partial charge in [0.2, 0.25) is 5.91 Å². The zero-order valence-electron chi connectivity index (χ0n) is 8.11. The largest absolute Gasteiger partial charge is 0.394 e. The number of aliphatic hydroxyl groups is 2. The smallest absolute Gasteiger partial charge is 0.233 e. The Morgan fingerprint density at radius 2 is 2.14 bits per heavy atom. The van der Waals surface area contributed by atoms with Crippen molar-refractivity contribution < 1.29 is 15.0 Å². The molecule has 1 aliphatic rings. The average Bonchev–Trinajstić information content (AvgIpc) is 2.26. The quantitative estimate of drug-likeness (QED) is 0.609. The van der Waals surface area contributed by atoms with Gasteiger partial charge in [0.15, 0.2) is 0 Å². The molecule has 0 bridgehead atoms. The Labute approximate surface area is 88.1 Å². The number of nitrogens with one attached hydrogen (secondary N) is 1. The van der Waals surface area contributed by atoms with E-state index in [-0.39, 0.29) is 24.4 Å². The molecular weight excluding hydrogens is 202 g/mol. The maximum Gasteiger partial charge on any atom is 0.233 e. The van der Waals surface area contributed by atoms with E-state index in [0.29, 0.717) is 0 Å². The first-order valence-corrected chi connectivity index (χ1v) is 5.96. The topological polar surface area (TPSA) is 69.6 Å². The van der Waals surface area contributed by atoms with E-state index in [1.165, 1.54) is 6.42 Å². The molecule has 1 unspecified atom stereocenters. The van der Waals surface area contributed by atoms with Crippen LogP contribution in [-0.2, 0) is 4.79 Å². The summed E-state index contributed by atoms with van der Waals surface area (Å²) in [7, 11) is 0. The third-order valence-electron chi connectivity index (χ3n) is 2.26. The van der Waals surface area contributed by atoms with E-state index in [1.54, 1.807) is 11.8 Å². The number of thioether (sulfide) groups is 1. The molecule has 1 atom stereocenters. The second-order valence-electron chi connectivity index (χ2n) is 3.43. The monoisotopic (exact) mass is 219 g/mol. The summed E-state index contributed by atoms with van der Waals surface area (Å²) < 4.78 is 0. The molecule has 1 heterocycles. The fourth-order valence-electron chi connectivity index (χ4n) is 1.39. The lowest BCUT2D eigenvalue weighted by Crippen LogP contribution is -2.44. The molecule has 0 spiro atoms. The van der Waals surface area contributed by atoms with Gasteiger partial charge in [-0.25, -0.2) is 0 Å². The van der Waals surface area contributed by atoms with Crippen LogP contribution in [-0.4, -0.2) is 46.4 Å². The molecule has 4 nitrogen and oxygen atoms in total. The van der Waals surface area contributed by atoms with Gasteiger partial charge < -0.3 is 15.5 Å². The van der Waals surface area contributed by atoms with Crippen LogP contribution in [0.15, 0.2) is 0 Å². The lowest BCUT2D eigenvalue weighted by molar-refractivity contribution is -0.122. The van der Waals surface area contributed by atoms with E-state index in [4.69, 9.17) is 10.2 Å². The van der Waals surface area contributed by atoms with Crippen molar-refractivity contribution in [2.75, 3.05) is 19.0 Å². The molecule has 1 fully saturated rings. The summed E-state index contributed by atoms with van der Waals surface area (Å²) in [6.45, 7) is -0.417. The molecule has 5 heteroatoms. The maximum atomic E-state index is 11.6. The van der Waals surface area contributed by atoms with Crippen LogP contribution >= 0.6 is 11.8 Å². The highest BCUT2D eigenvalue weighted by Crippen LogP contribution is 2.24. The fourth-order valence-corrected chi connectivity index (χ4v) is 2.60. The van der Waals surface area contributed by atoms with Gasteiger partial charge in [0.1, 0.15) is 0 Å². The third kappa shape index (κ3) is 3.48. The molecule has 1 rings (SSSR count). The van der Waals surface area contributed by atoms with Gasteiger partial charge in [-0.15, -0.1) is 11.8 Å². The minimum atomic E-state index is -0.509. The zero-order valence-corrected chi connectivity index (χ0v) is 8.92. The number of rotatable bonds is 4. The van der Waals surface area contributed by atoms with E-state index in [0.717, 1.165) is 18.6 Å². The van der Waals surface area contributed by atoms with Crippen molar-refractivity contribution in [2.24, 2.45) is 0 Å². The van der Waals surface area contributed by atoms with Crippen molar-refractivity contribution in [2.45, 2.75) is 30.6 Å². The van der Waals surface area contributed by atoms with Crippen molar-refractivity contribution in [3.63, 3.8) is 0 Å². The van der Waals surface area contributed by atoms with Gasteiger partial charge in [-0.05, 0) is 18.6 Å². The third-order valence-corrected chi connectivity index (χ3v) is 3.64. The maximum absolute atomic E-state index is 11.6. The molecule has 0 saturated carbocycles. The first kappa shape index (κ1) is 11.8. The molecule has 1 amide bonds. The Morgan fingerprint density at radius 1 is 1.43 bits per heavy atom. The SMILES string of the molecule is O=C(NC(CO)CO)C1CCCCS1. The summed E-state index contributed by atoms with van der Waals surface area (Å²) in [6.07, 6.45) is 3.17. The first-order valence-electron chi connectivity index (χ1n) is 4.91. The Morgan fingerprint density at radius 3 is 2.64 bits per heavy atom. The lowest BCUT2D eigenvalue weighted by Gasteiger charge is -2.22. The number of hydrogen-bond donors (Lipinski definition) is 3. The molecule has 0 aromatic heterocycles. The normalized spacial score (nSPS) is 22.4. The predicted octanol–water partition coefficient (Wildman–Crippen LogP) is -0.259. The molecule has 14 heavy (non-hydrogen) atoms. The first-order chi connectivity index (χ1) is 6.77. The number of hydrogen-bond acceptors (Lipinski definition) is 4. The second kappa shape index (κ2) is 6.27. The Hall–Kier alpha value is -0.260. The van der Waals surface area contributed by atoms with E-state index >= 15 is 0 Å². The molecule has 0 aromatic rings. The summed E-state index contributed by atoms with van der Waals surface area (Å²) in [5, 5.41) is 20.2. The summed E-state index contributed by atoms with van der Waals surface area (Å²) >= 11 is 1.66. The van der Waals surface area contributed by atoms with Gasteiger partial charge >= 0.3 is 0 Å². The molecule has 0 radical (unpaired) electrons. The van der Waals surface area contributed by atoms with Gasteiger partial charge in [-0.1, -0.05) is 6.42 Å². The van der Waals surface area contributed by atoms with Crippen LogP contribution in [0.4, 0.5) is 0 Å². The molecule has 82 valence electrons. The standard InChI is InChI=1S/C9H17NO3S/c11-5-7(6-12)10-9(13)8-3-1-2-4-14-8/h7-8,11-12H,1-6H2,(H,10,13). The Kier molecular flexibility index (Phi) is 5.29. The molecule has 0 aromatic carbocycles. The van der Waals surface area contributed by atoms with Crippen molar-refractivity contribution in [1.29, 1.82) is 0 Å². The van der Waals surface area contributed by atoms with Crippen LogP contribution in [0.5, 0.6) is 0 Å². The highest BCUT2D eigenvalue weighted by Gasteiger charge is 2.23. The molecule has 0 aliphatic carbocycles. The number of amides is 1. The molecular formula is C9H17NO3S. The van der Waals surface area contributed by atoms with Crippen LogP contribution < -0.4 is 5.32 Å². The highest BCUT2D eigenvalue weighted by atomic mass is 32.2. The van der Waals surface area contributed by atoms with Crippen molar-refractivity contribution in [3.05, 3.63) is 0 Å². The van der Waals surface area contributed by atoms with Crippen molar-refractivity contribution >= 4 is 17.7 Å². The van der Waals surface area contributed by atoms with Gasteiger partial charge in [0, 0.05) is 0 Å². The van der Waals surface area contributed by atoms with Crippen molar-refractivity contribution in [3.8, 4) is 0 Å². The van der Waals surface area contributed by atoms with Crippen LogP contribution in [0.3, 0.4) is 0 Å². The minimum absolute atomic E-state index is 0.00403. The van der Waals surface area contributed by atoms with Crippen LogP contribution in [0.1, 0.15) is 19.3 Å². The zero-order chi connectivity index (χ0) is 10.4. The second-order valence-corrected chi connectivity index (χ2v) is 4.74. The van der Waals surface area contributed by atoms with Crippen molar-refractivity contribution in [1.82, 2.24) is 5.32 Å². The Balaban J connectivity index is 2.32. The summed E-state index contributed by atoms with van der Waals surface area (Å²) in [6, 6.07) is -0.509. The van der Waals surface area contributed by atoms with Gasteiger partial charge in [0.05, 0.1) is 24.5 Å². The average molecular weight is 219 g/mol. The van der Waals surface area contributed by atoms with Crippen LogP contribution in [0.25, 0.3) is 0 Å². The summed E-state index contributed by atoms with van der Waals surface area (Å²) in [5.41, 5.74) is 0. The highest BCUT2D eigenvalue weighted by molar-refractivity contribution is 8.00. The molecule has 3 N–H and O–H groups in total. The van der Waals surface area contributed by atoms with Crippen LogP contribution in [0.2, 0.25) is 0 Å². The fraction of sp³-hybridized carbons (Fsp3) is 0.889. The number of aliphatic hydroxyl groups excluding tert-OH is 2. The number of carbonyl (C=O) groups excluding carboxylic acids is 1. The lowest BCUT2D eigenvalue weighted by atomic mass is 10.1. The minimum Gasteiger partial charge on any atom is -0.394 e. The molecule has 1 saturated heterocycles. The van der Waals surface area contributed by atoms with Gasteiger partial charge in [-0.2, -0.15) is 0 Å². The van der Waals surface area contributed by atoms with E-state index in [2.05, 4.69) is 5.32 Å². The van der Waals surface area contributed by atoms with Crippen LogP contribution in [0, 0.1) is 0 Å². The Bertz CT molecular complexity index is 179. The summed E-state index contributed by atoms with van der Waals surface area (Å²) in [4.78, 5) is 11.6. The summed E-state index contributed by atoms with van der Waals surface area (Å²) in [5.74, 6) is 0.976. The number of carbonyl (C=O) groups is 1. The predicted molar refractivity (Wildman–Crippen MR) is 56.2 cm³/mol.